The summed E-state index contributed by atoms with van der Waals surface area (Å²) in [6.45, 7) is 11.1. The number of nitrogen functional groups attached to an aromatic ring is 1. The topological polar surface area (TPSA) is 43.8 Å². The fourth-order valence-electron chi connectivity index (χ4n) is 2.75. The summed E-state index contributed by atoms with van der Waals surface area (Å²) >= 11 is 0. The van der Waals surface area contributed by atoms with Crippen molar-refractivity contribution in [2.45, 2.75) is 46.5 Å². The lowest BCUT2D eigenvalue weighted by molar-refractivity contribution is 0.591. The molecule has 0 saturated heterocycles. The van der Waals surface area contributed by atoms with Gasteiger partial charge in [-0.3, -0.25) is 4.68 Å². The monoisotopic (exact) mass is 285 g/mol. The van der Waals surface area contributed by atoms with Crippen LogP contribution in [0.25, 0.3) is 11.3 Å². The number of hydrogen-bond acceptors (Lipinski definition) is 2. The molecular weight excluding hydrogens is 258 g/mol. The molecule has 0 aliphatic rings. The van der Waals surface area contributed by atoms with E-state index in [0.29, 0.717) is 5.92 Å². The van der Waals surface area contributed by atoms with Crippen LogP contribution in [0.2, 0.25) is 0 Å². The molecular formula is C18H27N3. The lowest BCUT2D eigenvalue weighted by Gasteiger charge is -2.22. The van der Waals surface area contributed by atoms with Crippen molar-refractivity contribution in [1.82, 2.24) is 9.78 Å². The van der Waals surface area contributed by atoms with E-state index in [1.807, 2.05) is 7.05 Å². The molecule has 1 aromatic carbocycles. The highest BCUT2D eigenvalue weighted by Crippen LogP contribution is 2.36. The van der Waals surface area contributed by atoms with Crippen LogP contribution in [0.15, 0.2) is 24.3 Å². The zero-order chi connectivity index (χ0) is 15.8. The number of nitrogens with zero attached hydrogens (tertiary/aromatic N) is 2. The molecule has 0 atom stereocenters. The molecule has 1 heterocycles. The van der Waals surface area contributed by atoms with Gasteiger partial charge in [-0.2, -0.15) is 5.10 Å². The van der Waals surface area contributed by atoms with Crippen molar-refractivity contribution >= 4 is 5.82 Å². The van der Waals surface area contributed by atoms with Gasteiger partial charge in [-0.1, -0.05) is 58.9 Å². The minimum absolute atomic E-state index is 0.0813. The highest BCUT2D eigenvalue weighted by molar-refractivity contribution is 5.72. The zero-order valence-electron chi connectivity index (χ0n) is 14.1. The largest absolute Gasteiger partial charge is 0.384 e. The summed E-state index contributed by atoms with van der Waals surface area (Å²) in [5.41, 5.74) is 11.1. The number of rotatable bonds is 3. The maximum atomic E-state index is 6.25. The van der Waals surface area contributed by atoms with Crippen molar-refractivity contribution in [1.29, 1.82) is 0 Å². The first-order valence-corrected chi connectivity index (χ1v) is 7.63. The third kappa shape index (κ3) is 3.12. The van der Waals surface area contributed by atoms with Gasteiger partial charge in [-0.15, -0.1) is 0 Å². The lowest BCUT2D eigenvalue weighted by Crippen LogP contribution is -2.13. The van der Waals surface area contributed by atoms with Gasteiger partial charge < -0.3 is 5.73 Å². The van der Waals surface area contributed by atoms with E-state index in [4.69, 9.17) is 10.8 Å². The number of anilines is 1. The second-order valence-corrected chi connectivity index (χ2v) is 7.23. The fraction of sp³-hybridized carbons (Fsp3) is 0.500. The van der Waals surface area contributed by atoms with E-state index in [9.17, 15) is 0 Å². The van der Waals surface area contributed by atoms with Crippen molar-refractivity contribution in [2.75, 3.05) is 5.73 Å². The van der Waals surface area contributed by atoms with Gasteiger partial charge in [-0.25, -0.2) is 0 Å². The Kier molecular flexibility index (Phi) is 4.13. The van der Waals surface area contributed by atoms with E-state index in [0.717, 1.165) is 17.9 Å². The second-order valence-electron chi connectivity index (χ2n) is 7.23. The van der Waals surface area contributed by atoms with E-state index in [2.05, 4.69) is 58.9 Å². The van der Waals surface area contributed by atoms with Crippen molar-refractivity contribution in [3.05, 3.63) is 35.4 Å². The maximum absolute atomic E-state index is 6.25. The number of aromatic nitrogens is 2. The Morgan fingerprint density at radius 3 is 2.38 bits per heavy atom. The van der Waals surface area contributed by atoms with Crippen LogP contribution in [0, 0.1) is 5.92 Å². The molecule has 0 bridgehead atoms. The molecule has 0 aliphatic carbocycles. The molecule has 2 N–H and O–H groups in total. The third-order valence-corrected chi connectivity index (χ3v) is 3.80. The second kappa shape index (κ2) is 5.55. The van der Waals surface area contributed by atoms with Crippen molar-refractivity contribution < 1.29 is 0 Å². The standard InChI is InChI=1S/C18H27N3/c1-12(2)11-14-16(20-21(6)17(14)19)13-9-7-8-10-15(13)18(3,4)5/h7-10,12H,11,19H2,1-6H3. The maximum Gasteiger partial charge on any atom is 0.125 e. The molecule has 3 heteroatoms. The van der Waals surface area contributed by atoms with Crippen molar-refractivity contribution in [2.24, 2.45) is 13.0 Å². The predicted molar refractivity (Wildman–Crippen MR) is 90.3 cm³/mol. The van der Waals surface area contributed by atoms with E-state index in [-0.39, 0.29) is 5.41 Å². The molecule has 2 aromatic rings. The first kappa shape index (κ1) is 15.6. The first-order valence-electron chi connectivity index (χ1n) is 7.63. The minimum atomic E-state index is 0.0813. The Morgan fingerprint density at radius 1 is 1.19 bits per heavy atom. The molecule has 0 spiro atoms. The summed E-state index contributed by atoms with van der Waals surface area (Å²) < 4.78 is 1.80. The van der Waals surface area contributed by atoms with Crippen LogP contribution in [0.1, 0.15) is 45.7 Å². The Hall–Kier alpha value is -1.77. The average Bonchev–Trinajstić information content (AvgIpc) is 2.65. The Labute approximate surface area is 128 Å². The van der Waals surface area contributed by atoms with Gasteiger partial charge in [0, 0.05) is 18.2 Å². The third-order valence-electron chi connectivity index (χ3n) is 3.80. The van der Waals surface area contributed by atoms with Crippen molar-refractivity contribution in [3.8, 4) is 11.3 Å². The van der Waals surface area contributed by atoms with Gasteiger partial charge in [0.1, 0.15) is 5.82 Å². The predicted octanol–water partition coefficient (Wildman–Crippen LogP) is 4.17. The molecule has 0 amide bonds. The van der Waals surface area contributed by atoms with Crippen LogP contribution < -0.4 is 5.73 Å². The Bertz CT molecular complexity index is 630. The summed E-state index contributed by atoms with van der Waals surface area (Å²) in [5.74, 6) is 1.33. The first-order chi connectivity index (χ1) is 9.71. The average molecular weight is 285 g/mol. The molecule has 0 fully saturated rings. The summed E-state index contributed by atoms with van der Waals surface area (Å²) in [4.78, 5) is 0. The zero-order valence-corrected chi connectivity index (χ0v) is 14.1. The number of benzene rings is 1. The van der Waals surface area contributed by atoms with Gasteiger partial charge in [0.25, 0.3) is 0 Å². The molecule has 21 heavy (non-hydrogen) atoms. The summed E-state index contributed by atoms with van der Waals surface area (Å²) in [6.07, 6.45) is 0.952. The molecule has 0 aliphatic heterocycles. The smallest absolute Gasteiger partial charge is 0.125 e. The minimum Gasteiger partial charge on any atom is -0.384 e. The van der Waals surface area contributed by atoms with Crippen LogP contribution in [-0.2, 0) is 18.9 Å². The molecule has 114 valence electrons. The Morgan fingerprint density at radius 2 is 1.81 bits per heavy atom. The van der Waals surface area contributed by atoms with Crippen LogP contribution in [0.5, 0.6) is 0 Å². The van der Waals surface area contributed by atoms with Gasteiger partial charge in [0.2, 0.25) is 0 Å². The van der Waals surface area contributed by atoms with E-state index in [1.165, 1.54) is 16.7 Å². The fourth-order valence-corrected chi connectivity index (χ4v) is 2.75. The highest BCUT2D eigenvalue weighted by atomic mass is 15.3. The van der Waals surface area contributed by atoms with Gasteiger partial charge in [0.05, 0.1) is 5.69 Å². The van der Waals surface area contributed by atoms with Gasteiger partial charge in [0.15, 0.2) is 0 Å². The summed E-state index contributed by atoms with van der Waals surface area (Å²) in [6, 6.07) is 8.53. The summed E-state index contributed by atoms with van der Waals surface area (Å²) in [7, 11) is 1.92. The number of nitrogens with two attached hydrogens (primary N) is 1. The van der Waals surface area contributed by atoms with Crippen molar-refractivity contribution in [3.63, 3.8) is 0 Å². The molecule has 1 aromatic heterocycles. The number of aryl methyl sites for hydroxylation is 1. The highest BCUT2D eigenvalue weighted by Gasteiger charge is 2.23. The van der Waals surface area contributed by atoms with Crippen LogP contribution in [0.4, 0.5) is 5.82 Å². The van der Waals surface area contributed by atoms with Gasteiger partial charge in [-0.05, 0) is 23.3 Å². The molecule has 0 radical (unpaired) electrons. The van der Waals surface area contributed by atoms with Crippen LogP contribution in [-0.4, -0.2) is 9.78 Å². The van der Waals surface area contributed by atoms with Crippen LogP contribution in [0.3, 0.4) is 0 Å². The normalized spacial score (nSPS) is 12.1. The molecule has 2 rings (SSSR count). The Balaban J connectivity index is 2.66. The lowest BCUT2D eigenvalue weighted by atomic mass is 9.82. The SMILES string of the molecule is CC(C)Cc1c(-c2ccccc2C(C)(C)C)nn(C)c1N. The number of hydrogen-bond donors (Lipinski definition) is 1. The van der Waals surface area contributed by atoms with E-state index >= 15 is 0 Å². The van der Waals surface area contributed by atoms with E-state index < -0.39 is 0 Å². The summed E-state index contributed by atoms with van der Waals surface area (Å²) in [5, 5.41) is 4.70. The van der Waals surface area contributed by atoms with Gasteiger partial charge >= 0.3 is 0 Å². The quantitative estimate of drug-likeness (QED) is 0.920. The van der Waals surface area contributed by atoms with E-state index in [1.54, 1.807) is 4.68 Å². The van der Waals surface area contributed by atoms with Crippen LogP contribution >= 0.6 is 0 Å². The molecule has 3 nitrogen and oxygen atoms in total. The molecule has 0 saturated carbocycles. The molecule has 0 unspecified atom stereocenters.